The molecular formula is C21H25N5O. The van der Waals surface area contributed by atoms with E-state index in [1.165, 1.54) is 5.56 Å². The number of nitrogens with one attached hydrogen (secondary N) is 2. The summed E-state index contributed by atoms with van der Waals surface area (Å²) in [4.78, 5) is 19.8. The van der Waals surface area contributed by atoms with Gasteiger partial charge in [-0.25, -0.2) is 0 Å². The highest BCUT2D eigenvalue weighted by Gasteiger charge is 2.56. The molecule has 3 aliphatic rings. The average Bonchev–Trinajstić information content (AvgIpc) is 3.25. The molecule has 0 spiro atoms. The highest BCUT2D eigenvalue weighted by molar-refractivity contribution is 5.89. The summed E-state index contributed by atoms with van der Waals surface area (Å²) in [6.07, 6.45) is 0.940. The monoisotopic (exact) mass is 363 g/mol. The summed E-state index contributed by atoms with van der Waals surface area (Å²) in [5.74, 6) is 0.168. The van der Waals surface area contributed by atoms with Gasteiger partial charge in [-0.05, 0) is 24.1 Å². The van der Waals surface area contributed by atoms with E-state index in [1.54, 1.807) is 0 Å². The van der Waals surface area contributed by atoms with Gasteiger partial charge in [0.05, 0.1) is 17.5 Å². The predicted molar refractivity (Wildman–Crippen MR) is 106 cm³/mol. The summed E-state index contributed by atoms with van der Waals surface area (Å²) in [6.45, 7) is 2.94. The zero-order valence-corrected chi connectivity index (χ0v) is 15.7. The SMILES string of the molecule is CCC1NC2C(C(=O)N(C)C3Nc4ccccc4N23)N1Cc1ccccc1. The van der Waals surface area contributed by atoms with Crippen LogP contribution < -0.4 is 15.5 Å². The number of hydrogen-bond donors (Lipinski definition) is 2. The number of carbonyl (C=O) groups is 1. The predicted octanol–water partition coefficient (Wildman–Crippen LogP) is 2.21. The lowest BCUT2D eigenvalue weighted by molar-refractivity contribution is -0.140. The Labute approximate surface area is 159 Å². The molecule has 1 amide bonds. The number of amides is 1. The van der Waals surface area contributed by atoms with Crippen molar-refractivity contribution in [3.63, 3.8) is 0 Å². The van der Waals surface area contributed by atoms with E-state index >= 15 is 0 Å². The molecule has 4 unspecified atom stereocenters. The lowest BCUT2D eigenvalue weighted by Crippen LogP contribution is -2.69. The summed E-state index contributed by atoms with van der Waals surface area (Å²) in [6, 6.07) is 18.5. The van der Waals surface area contributed by atoms with Crippen LogP contribution in [0.4, 0.5) is 11.4 Å². The fourth-order valence-corrected chi connectivity index (χ4v) is 4.70. The van der Waals surface area contributed by atoms with Gasteiger partial charge in [-0.2, -0.15) is 0 Å². The van der Waals surface area contributed by atoms with Crippen LogP contribution in [0.3, 0.4) is 0 Å². The van der Waals surface area contributed by atoms with Crippen LogP contribution >= 0.6 is 0 Å². The second-order valence-electron chi connectivity index (χ2n) is 7.53. The molecule has 0 aromatic heterocycles. The summed E-state index contributed by atoms with van der Waals surface area (Å²) < 4.78 is 0. The number of carbonyl (C=O) groups excluding carboxylic acids is 1. The maximum atomic E-state index is 13.3. The maximum Gasteiger partial charge on any atom is 0.246 e. The molecule has 3 aliphatic heterocycles. The fraction of sp³-hybridized carbons (Fsp3) is 0.381. The molecule has 27 heavy (non-hydrogen) atoms. The van der Waals surface area contributed by atoms with Crippen LogP contribution in [0.25, 0.3) is 0 Å². The van der Waals surface area contributed by atoms with Gasteiger partial charge < -0.3 is 15.1 Å². The molecule has 2 aromatic rings. The van der Waals surface area contributed by atoms with Crippen LogP contribution in [0, 0.1) is 0 Å². The number of anilines is 2. The minimum absolute atomic E-state index is 0.0384. The van der Waals surface area contributed by atoms with E-state index < -0.39 is 0 Å². The fourth-order valence-electron chi connectivity index (χ4n) is 4.70. The van der Waals surface area contributed by atoms with Gasteiger partial charge in [0.15, 0.2) is 6.29 Å². The summed E-state index contributed by atoms with van der Waals surface area (Å²) in [7, 11) is 1.90. The first-order valence-corrected chi connectivity index (χ1v) is 9.65. The van der Waals surface area contributed by atoms with Crippen LogP contribution in [0.2, 0.25) is 0 Å². The van der Waals surface area contributed by atoms with Crippen molar-refractivity contribution in [2.45, 2.75) is 44.6 Å². The topological polar surface area (TPSA) is 50.9 Å². The van der Waals surface area contributed by atoms with E-state index in [4.69, 9.17) is 0 Å². The normalized spacial score (nSPS) is 29.3. The molecule has 0 radical (unpaired) electrons. The molecule has 0 bridgehead atoms. The zero-order valence-electron chi connectivity index (χ0n) is 15.7. The average molecular weight is 363 g/mol. The molecule has 2 fully saturated rings. The Bertz CT molecular complexity index is 857. The highest BCUT2D eigenvalue weighted by Crippen LogP contribution is 2.42. The number of nitrogens with zero attached hydrogens (tertiary/aromatic N) is 3. The summed E-state index contributed by atoms with van der Waals surface area (Å²) in [5, 5.41) is 7.24. The molecule has 6 nitrogen and oxygen atoms in total. The molecular weight excluding hydrogens is 338 g/mol. The van der Waals surface area contributed by atoms with Gasteiger partial charge in [0, 0.05) is 13.6 Å². The van der Waals surface area contributed by atoms with Gasteiger partial charge in [-0.1, -0.05) is 49.4 Å². The molecule has 4 atom stereocenters. The Kier molecular flexibility index (Phi) is 3.84. The number of para-hydroxylation sites is 2. The number of likely N-dealkylation sites (N-methyl/N-ethyl adjacent to an activating group) is 1. The summed E-state index contributed by atoms with van der Waals surface area (Å²) in [5.41, 5.74) is 3.47. The number of hydrogen-bond acceptors (Lipinski definition) is 5. The van der Waals surface area contributed by atoms with Gasteiger partial charge in [0.25, 0.3) is 0 Å². The van der Waals surface area contributed by atoms with Crippen molar-refractivity contribution in [1.29, 1.82) is 0 Å². The molecule has 5 rings (SSSR count). The van der Waals surface area contributed by atoms with Crippen molar-refractivity contribution in [1.82, 2.24) is 15.1 Å². The first-order chi connectivity index (χ1) is 13.2. The van der Waals surface area contributed by atoms with Crippen molar-refractivity contribution >= 4 is 17.3 Å². The van der Waals surface area contributed by atoms with Crippen molar-refractivity contribution in [2.24, 2.45) is 0 Å². The third-order valence-corrected chi connectivity index (χ3v) is 6.01. The van der Waals surface area contributed by atoms with E-state index in [9.17, 15) is 4.79 Å². The second kappa shape index (κ2) is 6.25. The van der Waals surface area contributed by atoms with Gasteiger partial charge >= 0.3 is 0 Å². The van der Waals surface area contributed by atoms with E-state index in [0.29, 0.717) is 0 Å². The van der Waals surface area contributed by atoms with Crippen LogP contribution in [-0.2, 0) is 11.3 Å². The smallest absolute Gasteiger partial charge is 0.246 e. The van der Waals surface area contributed by atoms with Gasteiger partial charge in [-0.3, -0.25) is 15.0 Å². The Balaban J connectivity index is 1.53. The van der Waals surface area contributed by atoms with E-state index in [-0.39, 0.29) is 30.6 Å². The van der Waals surface area contributed by atoms with Crippen LogP contribution in [0.15, 0.2) is 54.6 Å². The van der Waals surface area contributed by atoms with Gasteiger partial charge in [0.1, 0.15) is 12.2 Å². The maximum absolute atomic E-state index is 13.3. The second-order valence-corrected chi connectivity index (χ2v) is 7.53. The third-order valence-electron chi connectivity index (χ3n) is 6.01. The van der Waals surface area contributed by atoms with Crippen molar-refractivity contribution in [3.8, 4) is 0 Å². The van der Waals surface area contributed by atoms with E-state index in [2.05, 4.69) is 69.8 Å². The molecule has 0 saturated carbocycles. The van der Waals surface area contributed by atoms with Gasteiger partial charge in [0.2, 0.25) is 5.91 Å². The van der Waals surface area contributed by atoms with Crippen LogP contribution in [-0.4, -0.2) is 47.4 Å². The van der Waals surface area contributed by atoms with Crippen LogP contribution in [0.5, 0.6) is 0 Å². The molecule has 2 N–H and O–H groups in total. The first kappa shape index (κ1) is 16.6. The lowest BCUT2D eigenvalue weighted by atomic mass is 10.1. The number of fused-ring (bicyclic) bond motifs is 5. The molecule has 140 valence electrons. The standard InChI is InChI=1S/C21H25N5O/c1-3-17-23-19-18(25(17)13-14-9-5-4-6-10-14)20(27)24(2)21-22-15-11-7-8-12-16(15)26(19)21/h4-12,17-19,21-23H,3,13H2,1-2H3. The van der Waals surface area contributed by atoms with Gasteiger partial charge in [-0.15, -0.1) is 0 Å². The lowest BCUT2D eigenvalue weighted by Gasteiger charge is -2.46. The van der Waals surface area contributed by atoms with Crippen LogP contribution in [0.1, 0.15) is 18.9 Å². The summed E-state index contributed by atoms with van der Waals surface area (Å²) >= 11 is 0. The van der Waals surface area contributed by atoms with Crippen molar-refractivity contribution in [3.05, 3.63) is 60.2 Å². The van der Waals surface area contributed by atoms with Crippen molar-refractivity contribution in [2.75, 3.05) is 17.3 Å². The van der Waals surface area contributed by atoms with Crippen molar-refractivity contribution < 1.29 is 4.79 Å². The quantitative estimate of drug-likeness (QED) is 0.876. The Morgan fingerprint density at radius 3 is 2.56 bits per heavy atom. The minimum Gasteiger partial charge on any atom is -0.346 e. The number of benzene rings is 2. The molecule has 2 saturated heterocycles. The Hall–Kier alpha value is -2.57. The molecule has 0 aliphatic carbocycles. The van der Waals surface area contributed by atoms with E-state index in [1.807, 2.05) is 24.1 Å². The van der Waals surface area contributed by atoms with E-state index in [0.717, 1.165) is 24.3 Å². The Morgan fingerprint density at radius 1 is 1.04 bits per heavy atom. The Morgan fingerprint density at radius 2 is 1.78 bits per heavy atom. The third kappa shape index (κ3) is 2.44. The number of rotatable bonds is 3. The first-order valence-electron chi connectivity index (χ1n) is 9.65. The molecule has 6 heteroatoms. The molecule has 3 heterocycles. The highest BCUT2D eigenvalue weighted by atomic mass is 16.2. The zero-order chi connectivity index (χ0) is 18.5. The minimum atomic E-state index is -0.204. The largest absolute Gasteiger partial charge is 0.346 e. The molecule has 2 aromatic carbocycles.